The van der Waals surface area contributed by atoms with Crippen molar-refractivity contribution in [2.24, 2.45) is 5.92 Å². The standard InChI is InChI=1S/C17H22ClNO2/c18-15-7-3-1-5-12(15)11-19-17(20)14-9-10-21-16-8-4-2-6-13(14)16/h2,4,6,8,12,14-15H,1,3,5,7,9-11H2,(H,19,20). The Morgan fingerprint density at radius 1 is 1.24 bits per heavy atom. The van der Waals surface area contributed by atoms with Crippen molar-refractivity contribution in [2.45, 2.75) is 43.4 Å². The zero-order valence-corrected chi connectivity index (χ0v) is 12.9. The maximum atomic E-state index is 12.5. The largest absolute Gasteiger partial charge is 0.493 e. The van der Waals surface area contributed by atoms with Crippen LogP contribution in [0.1, 0.15) is 43.6 Å². The van der Waals surface area contributed by atoms with Gasteiger partial charge in [-0.2, -0.15) is 0 Å². The van der Waals surface area contributed by atoms with Crippen molar-refractivity contribution in [3.05, 3.63) is 29.8 Å². The summed E-state index contributed by atoms with van der Waals surface area (Å²) in [7, 11) is 0. The van der Waals surface area contributed by atoms with Crippen LogP contribution in [0.3, 0.4) is 0 Å². The highest BCUT2D eigenvalue weighted by atomic mass is 35.5. The van der Waals surface area contributed by atoms with Gasteiger partial charge in [-0.1, -0.05) is 31.0 Å². The molecular formula is C17H22ClNO2. The van der Waals surface area contributed by atoms with Crippen molar-refractivity contribution in [2.75, 3.05) is 13.2 Å². The van der Waals surface area contributed by atoms with Crippen LogP contribution < -0.4 is 10.1 Å². The second-order valence-electron chi connectivity index (χ2n) is 6.03. The van der Waals surface area contributed by atoms with Crippen LogP contribution in [0.4, 0.5) is 0 Å². The lowest BCUT2D eigenvalue weighted by molar-refractivity contribution is -0.123. The molecule has 0 radical (unpaired) electrons. The highest BCUT2D eigenvalue weighted by Gasteiger charge is 2.29. The van der Waals surface area contributed by atoms with Gasteiger partial charge >= 0.3 is 0 Å². The third-order valence-electron chi connectivity index (χ3n) is 4.63. The minimum absolute atomic E-state index is 0.0904. The smallest absolute Gasteiger partial charge is 0.227 e. The van der Waals surface area contributed by atoms with E-state index in [1.165, 1.54) is 12.8 Å². The Labute approximate surface area is 131 Å². The van der Waals surface area contributed by atoms with E-state index in [-0.39, 0.29) is 17.2 Å². The Bertz CT molecular complexity index is 505. The molecule has 1 aliphatic heterocycles. The van der Waals surface area contributed by atoms with Crippen molar-refractivity contribution < 1.29 is 9.53 Å². The highest BCUT2D eigenvalue weighted by Crippen LogP contribution is 2.34. The van der Waals surface area contributed by atoms with Crippen LogP contribution in [-0.2, 0) is 4.79 Å². The fourth-order valence-electron chi connectivity index (χ4n) is 3.36. The molecule has 1 saturated carbocycles. The molecule has 1 N–H and O–H groups in total. The van der Waals surface area contributed by atoms with Crippen molar-refractivity contribution >= 4 is 17.5 Å². The predicted molar refractivity (Wildman–Crippen MR) is 83.9 cm³/mol. The second kappa shape index (κ2) is 6.69. The first-order valence-electron chi connectivity index (χ1n) is 7.89. The topological polar surface area (TPSA) is 38.3 Å². The van der Waals surface area contributed by atoms with Gasteiger partial charge in [0, 0.05) is 17.5 Å². The summed E-state index contributed by atoms with van der Waals surface area (Å²) in [4.78, 5) is 12.5. The summed E-state index contributed by atoms with van der Waals surface area (Å²) in [6, 6.07) is 7.83. The number of amides is 1. The Balaban J connectivity index is 1.61. The fourth-order valence-corrected chi connectivity index (χ4v) is 3.73. The van der Waals surface area contributed by atoms with Gasteiger partial charge < -0.3 is 10.1 Å². The van der Waals surface area contributed by atoms with E-state index in [0.29, 0.717) is 19.1 Å². The van der Waals surface area contributed by atoms with Crippen molar-refractivity contribution in [3.63, 3.8) is 0 Å². The van der Waals surface area contributed by atoms with Gasteiger partial charge in [-0.25, -0.2) is 0 Å². The Hall–Kier alpha value is -1.22. The van der Waals surface area contributed by atoms with Crippen LogP contribution in [0.25, 0.3) is 0 Å². The molecule has 3 atom stereocenters. The van der Waals surface area contributed by atoms with Gasteiger partial charge in [-0.3, -0.25) is 4.79 Å². The van der Waals surface area contributed by atoms with Gasteiger partial charge in [0.2, 0.25) is 5.91 Å². The third kappa shape index (κ3) is 3.34. The number of nitrogens with one attached hydrogen (secondary N) is 1. The van der Waals surface area contributed by atoms with Crippen molar-refractivity contribution in [1.29, 1.82) is 0 Å². The van der Waals surface area contributed by atoms with Gasteiger partial charge in [0.1, 0.15) is 5.75 Å². The molecular weight excluding hydrogens is 286 g/mol. The average molecular weight is 308 g/mol. The van der Waals surface area contributed by atoms with Gasteiger partial charge in [-0.05, 0) is 31.2 Å². The van der Waals surface area contributed by atoms with E-state index < -0.39 is 0 Å². The lowest BCUT2D eigenvalue weighted by atomic mass is 9.88. The van der Waals surface area contributed by atoms with Crippen molar-refractivity contribution in [1.82, 2.24) is 5.32 Å². The van der Waals surface area contributed by atoms with E-state index in [2.05, 4.69) is 5.32 Å². The minimum Gasteiger partial charge on any atom is -0.493 e. The van der Waals surface area contributed by atoms with Crippen LogP contribution in [0.5, 0.6) is 5.75 Å². The Morgan fingerprint density at radius 3 is 2.90 bits per heavy atom. The number of hydrogen-bond acceptors (Lipinski definition) is 2. The van der Waals surface area contributed by atoms with E-state index in [1.54, 1.807) is 0 Å². The number of fused-ring (bicyclic) bond motifs is 1. The van der Waals surface area contributed by atoms with Crippen LogP contribution in [0, 0.1) is 5.92 Å². The maximum absolute atomic E-state index is 12.5. The number of carbonyl (C=O) groups is 1. The minimum atomic E-state index is -0.0904. The monoisotopic (exact) mass is 307 g/mol. The molecule has 3 unspecified atom stereocenters. The SMILES string of the molecule is O=C(NCC1CCCCC1Cl)C1CCOc2ccccc21. The third-order valence-corrected chi connectivity index (χ3v) is 5.20. The van der Waals surface area contributed by atoms with Gasteiger partial charge in [0.05, 0.1) is 12.5 Å². The van der Waals surface area contributed by atoms with Crippen LogP contribution in [0.15, 0.2) is 24.3 Å². The Kier molecular flexibility index (Phi) is 4.69. The van der Waals surface area contributed by atoms with Gasteiger partial charge in [0.25, 0.3) is 0 Å². The molecule has 2 aliphatic rings. The number of para-hydroxylation sites is 1. The molecule has 1 aliphatic carbocycles. The molecule has 0 aromatic heterocycles. The summed E-state index contributed by atoms with van der Waals surface area (Å²) in [5.41, 5.74) is 1.01. The summed E-state index contributed by atoms with van der Waals surface area (Å²) in [6.07, 6.45) is 5.38. The molecule has 1 aromatic carbocycles. The Morgan fingerprint density at radius 2 is 2.05 bits per heavy atom. The zero-order chi connectivity index (χ0) is 14.7. The molecule has 0 saturated heterocycles. The average Bonchev–Trinajstić information content (AvgIpc) is 2.53. The summed E-state index contributed by atoms with van der Waals surface area (Å²) in [5, 5.41) is 3.32. The number of halogens is 1. The second-order valence-corrected chi connectivity index (χ2v) is 6.59. The quantitative estimate of drug-likeness (QED) is 0.868. The first kappa shape index (κ1) is 14.7. The lowest BCUT2D eigenvalue weighted by Gasteiger charge is -2.29. The summed E-state index contributed by atoms with van der Waals surface area (Å²) >= 11 is 6.36. The molecule has 21 heavy (non-hydrogen) atoms. The first-order valence-corrected chi connectivity index (χ1v) is 8.33. The molecule has 1 heterocycles. The van der Waals surface area contributed by atoms with Crippen molar-refractivity contribution in [3.8, 4) is 5.75 Å². The molecule has 1 amide bonds. The lowest BCUT2D eigenvalue weighted by Crippen LogP contribution is -2.38. The number of benzene rings is 1. The molecule has 114 valence electrons. The van der Waals surface area contributed by atoms with E-state index in [9.17, 15) is 4.79 Å². The normalized spacial score (nSPS) is 28.3. The summed E-state index contributed by atoms with van der Waals surface area (Å²) in [6.45, 7) is 1.31. The fraction of sp³-hybridized carbons (Fsp3) is 0.588. The van der Waals surface area contributed by atoms with Gasteiger partial charge in [0.15, 0.2) is 0 Å². The molecule has 3 rings (SSSR count). The molecule has 4 heteroatoms. The number of ether oxygens (including phenoxy) is 1. The van der Waals surface area contributed by atoms with Gasteiger partial charge in [-0.15, -0.1) is 11.6 Å². The number of alkyl halides is 1. The van der Waals surface area contributed by atoms with E-state index in [4.69, 9.17) is 16.3 Å². The van der Waals surface area contributed by atoms with Crippen LogP contribution in [0.2, 0.25) is 0 Å². The zero-order valence-electron chi connectivity index (χ0n) is 12.2. The maximum Gasteiger partial charge on any atom is 0.227 e. The number of rotatable bonds is 3. The van der Waals surface area contributed by atoms with E-state index in [0.717, 1.165) is 30.6 Å². The summed E-state index contributed by atoms with van der Waals surface area (Å²) < 4.78 is 5.61. The van der Waals surface area contributed by atoms with E-state index >= 15 is 0 Å². The highest BCUT2D eigenvalue weighted by molar-refractivity contribution is 6.20. The van der Waals surface area contributed by atoms with Crippen LogP contribution in [-0.4, -0.2) is 24.4 Å². The summed E-state index contributed by atoms with van der Waals surface area (Å²) in [5.74, 6) is 1.28. The van der Waals surface area contributed by atoms with Crippen LogP contribution >= 0.6 is 11.6 Å². The molecule has 0 bridgehead atoms. The van der Waals surface area contributed by atoms with E-state index in [1.807, 2.05) is 24.3 Å². The molecule has 3 nitrogen and oxygen atoms in total. The number of carbonyl (C=O) groups excluding carboxylic acids is 1. The molecule has 1 fully saturated rings. The number of hydrogen-bond donors (Lipinski definition) is 1. The predicted octanol–water partition coefficient (Wildman–Crippen LogP) is 3.47. The molecule has 0 spiro atoms. The first-order chi connectivity index (χ1) is 10.3. The molecule has 1 aromatic rings.